The molecule has 130 valence electrons. The minimum atomic E-state index is 0.104. The van der Waals surface area contributed by atoms with Gasteiger partial charge in [0.2, 0.25) is 0 Å². The van der Waals surface area contributed by atoms with Crippen LogP contribution in [0.25, 0.3) is 0 Å². The van der Waals surface area contributed by atoms with Gasteiger partial charge in [-0.3, -0.25) is 0 Å². The molecule has 0 amide bonds. The summed E-state index contributed by atoms with van der Waals surface area (Å²) in [5.41, 5.74) is 2.36. The number of rotatable bonds is 7. The van der Waals surface area contributed by atoms with Crippen LogP contribution in [0.3, 0.4) is 0 Å². The summed E-state index contributed by atoms with van der Waals surface area (Å²) >= 11 is 5.74. The molecular weight excluding hydrogens is 316 g/mol. The Morgan fingerprint density at radius 2 is 1.92 bits per heavy atom. The molecule has 3 nitrogen and oxygen atoms in total. The highest BCUT2D eigenvalue weighted by Crippen LogP contribution is 2.24. The standard InChI is InChI=1S/C20H28N2OS/c1-5-17-9-6-7-10-18(17)21-20(24)22(13-12-15(2)3)16(4)19-11-8-14-23-19/h6-11,14-16H,5,12-13H2,1-4H3,(H,21,24)/t16-/m0/s1. The van der Waals surface area contributed by atoms with Gasteiger partial charge in [-0.15, -0.1) is 0 Å². The van der Waals surface area contributed by atoms with Crippen LogP contribution in [-0.4, -0.2) is 16.6 Å². The van der Waals surface area contributed by atoms with Crippen molar-refractivity contribution in [3.8, 4) is 0 Å². The Hall–Kier alpha value is -1.81. The van der Waals surface area contributed by atoms with Crippen molar-refractivity contribution in [2.45, 2.75) is 46.6 Å². The summed E-state index contributed by atoms with van der Waals surface area (Å²) < 4.78 is 5.60. The highest BCUT2D eigenvalue weighted by Gasteiger charge is 2.21. The monoisotopic (exact) mass is 344 g/mol. The second kappa shape index (κ2) is 8.88. The minimum absolute atomic E-state index is 0.104. The fourth-order valence-corrected chi connectivity index (χ4v) is 3.05. The fraction of sp³-hybridized carbons (Fsp3) is 0.450. The molecule has 0 aliphatic carbocycles. The van der Waals surface area contributed by atoms with Gasteiger partial charge in [-0.25, -0.2) is 0 Å². The Kier molecular flexibility index (Phi) is 6.85. The second-order valence-corrected chi connectivity index (χ2v) is 6.89. The number of nitrogens with zero attached hydrogens (tertiary/aromatic N) is 1. The average molecular weight is 345 g/mol. The number of aryl methyl sites for hydroxylation is 1. The fourth-order valence-electron chi connectivity index (χ4n) is 2.69. The molecule has 0 saturated carbocycles. The van der Waals surface area contributed by atoms with Crippen LogP contribution in [0.1, 0.15) is 51.5 Å². The van der Waals surface area contributed by atoms with Gasteiger partial charge in [0.1, 0.15) is 5.76 Å². The van der Waals surface area contributed by atoms with Gasteiger partial charge in [0.25, 0.3) is 0 Å². The predicted molar refractivity (Wildman–Crippen MR) is 105 cm³/mol. The molecular formula is C20H28N2OS. The number of nitrogens with one attached hydrogen (secondary N) is 1. The summed E-state index contributed by atoms with van der Waals surface area (Å²) in [6.07, 6.45) is 3.78. The van der Waals surface area contributed by atoms with Crippen LogP contribution in [0.4, 0.5) is 5.69 Å². The number of benzene rings is 1. The third kappa shape index (κ3) is 4.84. The lowest BCUT2D eigenvalue weighted by Crippen LogP contribution is -2.38. The van der Waals surface area contributed by atoms with Gasteiger partial charge in [-0.05, 0) is 61.7 Å². The zero-order valence-corrected chi connectivity index (χ0v) is 15.9. The van der Waals surface area contributed by atoms with Gasteiger partial charge < -0.3 is 14.6 Å². The first-order chi connectivity index (χ1) is 11.5. The van der Waals surface area contributed by atoms with Crippen molar-refractivity contribution in [2.75, 3.05) is 11.9 Å². The molecule has 0 unspecified atom stereocenters. The number of hydrogen-bond donors (Lipinski definition) is 1. The summed E-state index contributed by atoms with van der Waals surface area (Å²) in [5.74, 6) is 1.56. The van der Waals surface area contributed by atoms with E-state index in [2.05, 4.69) is 56.1 Å². The molecule has 1 aromatic heterocycles. The maximum absolute atomic E-state index is 5.74. The van der Waals surface area contributed by atoms with Crippen LogP contribution in [0.15, 0.2) is 47.1 Å². The average Bonchev–Trinajstić information content (AvgIpc) is 3.09. The largest absolute Gasteiger partial charge is 0.467 e. The predicted octanol–water partition coefficient (Wildman–Crippen LogP) is 5.65. The van der Waals surface area contributed by atoms with Crippen LogP contribution in [0.2, 0.25) is 0 Å². The lowest BCUT2D eigenvalue weighted by molar-refractivity contribution is 0.281. The molecule has 0 aliphatic rings. The highest BCUT2D eigenvalue weighted by molar-refractivity contribution is 7.80. The Balaban J connectivity index is 2.17. The SMILES string of the molecule is CCc1ccccc1NC(=S)N(CCC(C)C)[C@@H](C)c1ccco1. The van der Waals surface area contributed by atoms with Crippen LogP contribution >= 0.6 is 12.2 Å². The summed E-state index contributed by atoms with van der Waals surface area (Å²) in [4.78, 5) is 2.22. The smallest absolute Gasteiger partial charge is 0.174 e. The van der Waals surface area contributed by atoms with E-state index in [-0.39, 0.29) is 6.04 Å². The van der Waals surface area contributed by atoms with Gasteiger partial charge in [-0.1, -0.05) is 39.0 Å². The van der Waals surface area contributed by atoms with Crippen molar-refractivity contribution in [3.05, 3.63) is 54.0 Å². The Morgan fingerprint density at radius 1 is 1.17 bits per heavy atom. The van der Waals surface area contributed by atoms with Crippen LogP contribution in [0, 0.1) is 5.92 Å². The Bertz CT molecular complexity index is 637. The van der Waals surface area contributed by atoms with E-state index in [0.717, 1.165) is 35.9 Å². The molecule has 0 aliphatic heterocycles. The molecule has 2 aromatic rings. The van der Waals surface area contributed by atoms with Crippen LogP contribution < -0.4 is 5.32 Å². The number of anilines is 1. The number of para-hydroxylation sites is 1. The van der Waals surface area contributed by atoms with Gasteiger partial charge in [0, 0.05) is 12.2 Å². The number of furan rings is 1. The van der Waals surface area contributed by atoms with Crippen molar-refractivity contribution in [1.82, 2.24) is 4.90 Å². The van der Waals surface area contributed by atoms with E-state index in [1.54, 1.807) is 6.26 Å². The molecule has 0 spiro atoms. The van der Waals surface area contributed by atoms with E-state index in [1.165, 1.54) is 5.56 Å². The first-order valence-corrected chi connectivity index (χ1v) is 9.12. The van der Waals surface area contributed by atoms with Crippen molar-refractivity contribution in [1.29, 1.82) is 0 Å². The number of thiocarbonyl (C=S) groups is 1. The zero-order chi connectivity index (χ0) is 17.5. The van der Waals surface area contributed by atoms with Gasteiger partial charge >= 0.3 is 0 Å². The summed E-state index contributed by atoms with van der Waals surface area (Å²) in [6, 6.07) is 12.4. The molecule has 1 atom stereocenters. The normalized spacial score (nSPS) is 12.2. The molecule has 2 rings (SSSR count). The quantitative estimate of drug-likeness (QED) is 0.657. The molecule has 1 heterocycles. The van der Waals surface area contributed by atoms with Gasteiger partial charge in [0.05, 0.1) is 12.3 Å². The van der Waals surface area contributed by atoms with Crippen molar-refractivity contribution >= 4 is 23.0 Å². The van der Waals surface area contributed by atoms with E-state index in [4.69, 9.17) is 16.6 Å². The van der Waals surface area contributed by atoms with E-state index < -0.39 is 0 Å². The Morgan fingerprint density at radius 3 is 2.54 bits per heavy atom. The number of hydrogen-bond acceptors (Lipinski definition) is 2. The third-order valence-corrected chi connectivity index (χ3v) is 4.61. The molecule has 24 heavy (non-hydrogen) atoms. The van der Waals surface area contributed by atoms with E-state index in [9.17, 15) is 0 Å². The van der Waals surface area contributed by atoms with E-state index in [1.807, 2.05) is 18.2 Å². The van der Waals surface area contributed by atoms with Crippen LogP contribution in [-0.2, 0) is 6.42 Å². The lowest BCUT2D eigenvalue weighted by atomic mass is 10.1. The van der Waals surface area contributed by atoms with Crippen molar-refractivity contribution in [2.24, 2.45) is 5.92 Å². The first-order valence-electron chi connectivity index (χ1n) is 8.71. The minimum Gasteiger partial charge on any atom is -0.467 e. The van der Waals surface area contributed by atoms with Crippen LogP contribution in [0.5, 0.6) is 0 Å². The topological polar surface area (TPSA) is 28.4 Å². The molecule has 0 fully saturated rings. The van der Waals surface area contributed by atoms with E-state index >= 15 is 0 Å². The lowest BCUT2D eigenvalue weighted by Gasteiger charge is -2.31. The Labute approximate surface area is 151 Å². The second-order valence-electron chi connectivity index (χ2n) is 6.51. The highest BCUT2D eigenvalue weighted by atomic mass is 32.1. The maximum Gasteiger partial charge on any atom is 0.174 e. The molecule has 1 N–H and O–H groups in total. The molecule has 1 aromatic carbocycles. The van der Waals surface area contributed by atoms with Gasteiger partial charge in [-0.2, -0.15) is 0 Å². The molecule has 4 heteroatoms. The third-order valence-electron chi connectivity index (χ3n) is 4.27. The van der Waals surface area contributed by atoms with Gasteiger partial charge in [0.15, 0.2) is 5.11 Å². The maximum atomic E-state index is 5.74. The summed E-state index contributed by atoms with van der Waals surface area (Å²) in [6.45, 7) is 9.67. The van der Waals surface area contributed by atoms with Crippen molar-refractivity contribution < 1.29 is 4.42 Å². The van der Waals surface area contributed by atoms with Crippen molar-refractivity contribution in [3.63, 3.8) is 0 Å². The summed E-state index contributed by atoms with van der Waals surface area (Å²) in [5, 5.41) is 4.19. The zero-order valence-electron chi connectivity index (χ0n) is 15.1. The molecule has 0 saturated heterocycles. The molecule has 0 bridgehead atoms. The van der Waals surface area contributed by atoms with E-state index in [0.29, 0.717) is 5.92 Å². The summed E-state index contributed by atoms with van der Waals surface area (Å²) in [7, 11) is 0. The molecule has 0 radical (unpaired) electrons. The first kappa shape index (κ1) is 18.5.